The van der Waals surface area contributed by atoms with Crippen molar-refractivity contribution in [3.8, 4) is 5.75 Å². The van der Waals surface area contributed by atoms with Crippen LogP contribution in [0.15, 0.2) is 24.3 Å². The van der Waals surface area contributed by atoms with Gasteiger partial charge < -0.3 is 15.2 Å². The molecule has 0 unspecified atom stereocenters. The molecule has 5 nitrogen and oxygen atoms in total. The molecule has 2 N–H and O–H groups in total. The fourth-order valence-corrected chi connectivity index (χ4v) is 4.00. The van der Waals surface area contributed by atoms with Crippen molar-refractivity contribution >= 4 is 5.91 Å². The Bertz CT molecular complexity index is 619. The topological polar surface area (TPSA) is 61.8 Å². The first-order valence-corrected chi connectivity index (χ1v) is 9.60. The van der Waals surface area contributed by atoms with Gasteiger partial charge in [-0.05, 0) is 38.1 Å². The number of ether oxygens (including phenoxy) is 1. The van der Waals surface area contributed by atoms with Gasteiger partial charge in [0.05, 0.1) is 12.1 Å². The Balaban J connectivity index is 1.76. The SMILES string of the molecule is CC(C)C(=O)N[C@@H]1C[C@@H](Oc2cccc(F)c2)[C@H](O)[C@H]1N1CCCCC1. The molecule has 1 aromatic rings. The third-order valence-corrected chi connectivity index (χ3v) is 5.38. The summed E-state index contributed by atoms with van der Waals surface area (Å²) in [4.78, 5) is 14.5. The molecule has 6 heteroatoms. The zero-order valence-electron chi connectivity index (χ0n) is 15.5. The third kappa shape index (κ3) is 4.35. The van der Waals surface area contributed by atoms with Gasteiger partial charge in [-0.2, -0.15) is 0 Å². The third-order valence-electron chi connectivity index (χ3n) is 5.38. The van der Waals surface area contributed by atoms with Crippen LogP contribution in [-0.2, 0) is 4.79 Å². The van der Waals surface area contributed by atoms with Gasteiger partial charge in [-0.15, -0.1) is 0 Å². The number of hydrogen-bond donors (Lipinski definition) is 2. The lowest BCUT2D eigenvalue weighted by Crippen LogP contribution is -2.55. The normalized spacial score (nSPS) is 29.7. The Morgan fingerprint density at radius 2 is 2.04 bits per heavy atom. The van der Waals surface area contributed by atoms with Crippen LogP contribution in [0.25, 0.3) is 0 Å². The van der Waals surface area contributed by atoms with Crippen LogP contribution >= 0.6 is 0 Å². The average Bonchev–Trinajstić information content (AvgIpc) is 2.91. The van der Waals surface area contributed by atoms with Crippen LogP contribution in [0, 0.1) is 11.7 Å². The quantitative estimate of drug-likeness (QED) is 0.842. The fourth-order valence-electron chi connectivity index (χ4n) is 4.00. The minimum Gasteiger partial charge on any atom is -0.487 e. The first-order valence-electron chi connectivity index (χ1n) is 9.60. The molecule has 1 aromatic carbocycles. The summed E-state index contributed by atoms with van der Waals surface area (Å²) in [5.74, 6) is -0.0949. The number of aliphatic hydroxyl groups excluding tert-OH is 1. The Labute approximate surface area is 154 Å². The molecule has 3 rings (SSSR count). The van der Waals surface area contributed by atoms with Crippen LogP contribution in [0.3, 0.4) is 0 Å². The van der Waals surface area contributed by atoms with E-state index in [9.17, 15) is 14.3 Å². The first-order chi connectivity index (χ1) is 12.5. The van der Waals surface area contributed by atoms with E-state index < -0.39 is 12.2 Å². The van der Waals surface area contributed by atoms with Crippen LogP contribution in [0.2, 0.25) is 0 Å². The molecule has 144 valence electrons. The first kappa shape index (κ1) is 19.1. The van der Waals surface area contributed by atoms with Crippen molar-refractivity contribution in [2.45, 2.75) is 63.8 Å². The van der Waals surface area contributed by atoms with Gasteiger partial charge in [-0.1, -0.05) is 26.3 Å². The molecule has 4 atom stereocenters. The molecule has 1 amide bonds. The van der Waals surface area contributed by atoms with Crippen LogP contribution in [0.5, 0.6) is 5.75 Å². The van der Waals surface area contributed by atoms with Crippen molar-refractivity contribution in [2.75, 3.05) is 13.1 Å². The predicted octanol–water partition coefficient (Wildman–Crippen LogP) is 2.33. The van der Waals surface area contributed by atoms with Crippen LogP contribution < -0.4 is 10.1 Å². The van der Waals surface area contributed by atoms with Crippen LogP contribution in [0.4, 0.5) is 4.39 Å². The number of aliphatic hydroxyl groups is 1. The highest BCUT2D eigenvalue weighted by Crippen LogP contribution is 2.31. The summed E-state index contributed by atoms with van der Waals surface area (Å²) in [5.41, 5.74) is 0. The maximum Gasteiger partial charge on any atom is 0.222 e. The van der Waals surface area contributed by atoms with Gasteiger partial charge >= 0.3 is 0 Å². The van der Waals surface area contributed by atoms with Gasteiger partial charge in [0.2, 0.25) is 5.91 Å². The number of likely N-dealkylation sites (tertiary alicyclic amines) is 1. The van der Waals surface area contributed by atoms with E-state index in [0.29, 0.717) is 12.2 Å². The largest absolute Gasteiger partial charge is 0.487 e. The molecule has 0 radical (unpaired) electrons. The van der Waals surface area contributed by atoms with E-state index in [1.807, 2.05) is 13.8 Å². The van der Waals surface area contributed by atoms with E-state index in [2.05, 4.69) is 10.2 Å². The Kier molecular flexibility index (Phi) is 6.14. The van der Waals surface area contributed by atoms with E-state index in [4.69, 9.17) is 4.74 Å². The lowest BCUT2D eigenvalue weighted by atomic mass is 10.0. The summed E-state index contributed by atoms with van der Waals surface area (Å²) in [5, 5.41) is 14.0. The molecule has 1 heterocycles. The number of halogens is 1. The number of hydrogen-bond acceptors (Lipinski definition) is 4. The molecule has 1 aliphatic carbocycles. The molecule has 0 spiro atoms. The van der Waals surface area contributed by atoms with Crippen molar-refractivity contribution in [3.05, 3.63) is 30.1 Å². The highest BCUT2D eigenvalue weighted by molar-refractivity contribution is 5.78. The van der Waals surface area contributed by atoms with Gasteiger partial charge in [-0.25, -0.2) is 4.39 Å². The van der Waals surface area contributed by atoms with Gasteiger partial charge in [0, 0.05) is 18.4 Å². The standard InChI is InChI=1S/C20H29FN2O3/c1-13(2)20(25)22-16-12-17(26-15-8-6-7-14(21)11-15)19(24)18(16)23-9-4-3-5-10-23/h6-8,11,13,16-19,24H,3-5,9-10,12H2,1-2H3,(H,22,25)/t16-,17-,18+,19+/m1/s1. The molecule has 2 aliphatic rings. The summed E-state index contributed by atoms with van der Waals surface area (Å²) < 4.78 is 19.3. The molecule has 2 fully saturated rings. The van der Waals surface area contributed by atoms with Crippen molar-refractivity contribution in [2.24, 2.45) is 5.92 Å². The Morgan fingerprint density at radius 1 is 1.31 bits per heavy atom. The molecule has 1 saturated carbocycles. The summed E-state index contributed by atoms with van der Waals surface area (Å²) >= 11 is 0. The number of carbonyl (C=O) groups excluding carboxylic acids is 1. The van der Waals surface area contributed by atoms with Gasteiger partial charge in [0.25, 0.3) is 0 Å². The summed E-state index contributed by atoms with van der Waals surface area (Å²) in [6.07, 6.45) is 2.71. The number of amides is 1. The molecule has 0 aromatic heterocycles. The van der Waals surface area contributed by atoms with E-state index in [1.165, 1.54) is 18.6 Å². The highest BCUT2D eigenvalue weighted by Gasteiger charge is 2.47. The number of rotatable bonds is 5. The fraction of sp³-hybridized carbons (Fsp3) is 0.650. The maximum atomic E-state index is 13.4. The Morgan fingerprint density at radius 3 is 2.69 bits per heavy atom. The summed E-state index contributed by atoms with van der Waals surface area (Å²) in [6.45, 7) is 5.56. The van der Waals surface area contributed by atoms with Gasteiger partial charge in [0.1, 0.15) is 23.8 Å². The monoisotopic (exact) mass is 364 g/mol. The van der Waals surface area contributed by atoms with Crippen molar-refractivity contribution < 1.29 is 19.0 Å². The lowest BCUT2D eigenvalue weighted by molar-refractivity contribution is -0.125. The maximum absolute atomic E-state index is 13.4. The second kappa shape index (κ2) is 8.35. The van der Waals surface area contributed by atoms with E-state index >= 15 is 0 Å². The zero-order valence-corrected chi connectivity index (χ0v) is 15.5. The van der Waals surface area contributed by atoms with Gasteiger partial charge in [-0.3, -0.25) is 9.69 Å². The minimum absolute atomic E-state index is 0.0179. The number of benzene rings is 1. The molecular formula is C20H29FN2O3. The summed E-state index contributed by atoms with van der Waals surface area (Å²) in [6, 6.07) is 5.62. The molecule has 0 bridgehead atoms. The summed E-state index contributed by atoms with van der Waals surface area (Å²) in [7, 11) is 0. The Hall–Kier alpha value is -1.66. The van der Waals surface area contributed by atoms with Crippen LogP contribution in [-0.4, -0.2) is 53.3 Å². The lowest BCUT2D eigenvalue weighted by Gasteiger charge is -2.37. The molecule has 26 heavy (non-hydrogen) atoms. The van der Waals surface area contributed by atoms with Crippen molar-refractivity contribution in [1.29, 1.82) is 0 Å². The number of piperidine rings is 1. The smallest absolute Gasteiger partial charge is 0.222 e. The van der Waals surface area contributed by atoms with Gasteiger partial charge in [0.15, 0.2) is 0 Å². The molecular weight excluding hydrogens is 335 g/mol. The zero-order chi connectivity index (χ0) is 18.7. The predicted molar refractivity (Wildman–Crippen MR) is 97.4 cm³/mol. The number of carbonyl (C=O) groups is 1. The molecule has 1 aliphatic heterocycles. The number of nitrogens with zero attached hydrogens (tertiary/aromatic N) is 1. The van der Waals surface area contributed by atoms with E-state index in [-0.39, 0.29) is 29.7 Å². The van der Waals surface area contributed by atoms with E-state index in [1.54, 1.807) is 12.1 Å². The second-order valence-electron chi connectivity index (χ2n) is 7.70. The highest BCUT2D eigenvalue weighted by atomic mass is 19.1. The minimum atomic E-state index is -0.728. The second-order valence-corrected chi connectivity index (χ2v) is 7.70. The molecule has 1 saturated heterocycles. The number of nitrogens with one attached hydrogen (secondary N) is 1. The van der Waals surface area contributed by atoms with Crippen LogP contribution in [0.1, 0.15) is 39.5 Å². The average molecular weight is 364 g/mol. The van der Waals surface area contributed by atoms with Crippen molar-refractivity contribution in [3.63, 3.8) is 0 Å². The van der Waals surface area contributed by atoms with Crippen molar-refractivity contribution in [1.82, 2.24) is 10.2 Å². The van der Waals surface area contributed by atoms with E-state index in [0.717, 1.165) is 25.9 Å².